The molecule has 0 atom stereocenters. The van der Waals surface area contributed by atoms with Crippen LogP contribution in [0.3, 0.4) is 0 Å². The number of carboxylic acid groups (broad SMARTS) is 1. The van der Waals surface area contributed by atoms with E-state index in [2.05, 4.69) is 5.32 Å². The van der Waals surface area contributed by atoms with Crippen LogP contribution in [0.4, 0.5) is 10.1 Å². The van der Waals surface area contributed by atoms with E-state index >= 15 is 0 Å². The van der Waals surface area contributed by atoms with Crippen molar-refractivity contribution in [3.05, 3.63) is 76.3 Å². The van der Waals surface area contributed by atoms with Crippen LogP contribution in [0.2, 0.25) is 5.02 Å². The van der Waals surface area contributed by atoms with Gasteiger partial charge in [0.25, 0.3) is 0 Å². The molecule has 3 aromatic rings. The Kier molecular flexibility index (Phi) is 4.76. The summed E-state index contributed by atoms with van der Waals surface area (Å²) < 4.78 is 19.0. The van der Waals surface area contributed by atoms with E-state index in [1.807, 2.05) is 6.92 Å². The number of aromatic carboxylic acids is 1. The number of furan rings is 1. The number of halogens is 2. The van der Waals surface area contributed by atoms with E-state index < -0.39 is 11.8 Å². The fraction of sp³-hybridized carbons (Fsp3) is 0.105. The SMILES string of the molecule is Cc1ccc(C(=O)O)cc1NCc1ccc(-c2ccc(F)c(Cl)c2)o1. The summed E-state index contributed by atoms with van der Waals surface area (Å²) >= 11 is 5.79. The van der Waals surface area contributed by atoms with Crippen LogP contribution in [0, 0.1) is 12.7 Å². The normalized spacial score (nSPS) is 10.7. The highest BCUT2D eigenvalue weighted by molar-refractivity contribution is 6.31. The molecule has 2 aromatic carbocycles. The monoisotopic (exact) mass is 359 g/mol. The molecule has 0 unspecified atom stereocenters. The molecule has 0 radical (unpaired) electrons. The smallest absolute Gasteiger partial charge is 0.335 e. The van der Waals surface area contributed by atoms with Crippen LogP contribution >= 0.6 is 11.6 Å². The quantitative estimate of drug-likeness (QED) is 0.644. The maximum absolute atomic E-state index is 13.2. The standard InChI is InChI=1S/C19H15ClFNO3/c1-11-2-3-13(19(23)24)9-17(11)22-10-14-5-7-18(25-14)12-4-6-16(21)15(20)8-12/h2-9,22H,10H2,1H3,(H,23,24). The van der Waals surface area contributed by atoms with Gasteiger partial charge < -0.3 is 14.8 Å². The van der Waals surface area contributed by atoms with Gasteiger partial charge >= 0.3 is 5.97 Å². The first-order chi connectivity index (χ1) is 11.9. The Morgan fingerprint density at radius 3 is 2.72 bits per heavy atom. The lowest BCUT2D eigenvalue weighted by Crippen LogP contribution is -2.03. The molecule has 2 N–H and O–H groups in total. The first-order valence-electron chi connectivity index (χ1n) is 7.56. The van der Waals surface area contributed by atoms with Gasteiger partial charge in [-0.25, -0.2) is 9.18 Å². The van der Waals surface area contributed by atoms with E-state index in [4.69, 9.17) is 21.1 Å². The van der Waals surface area contributed by atoms with Crippen molar-refractivity contribution in [1.29, 1.82) is 0 Å². The van der Waals surface area contributed by atoms with Crippen LogP contribution in [0.15, 0.2) is 52.9 Å². The zero-order valence-electron chi connectivity index (χ0n) is 13.3. The molecule has 0 saturated heterocycles. The van der Waals surface area contributed by atoms with Gasteiger partial charge in [0.15, 0.2) is 0 Å². The summed E-state index contributed by atoms with van der Waals surface area (Å²) in [5, 5.41) is 12.3. The van der Waals surface area contributed by atoms with Crippen LogP contribution in [0.5, 0.6) is 0 Å². The number of hydrogen-bond acceptors (Lipinski definition) is 3. The van der Waals surface area contributed by atoms with Gasteiger partial charge in [-0.15, -0.1) is 0 Å². The molecule has 0 aliphatic heterocycles. The van der Waals surface area contributed by atoms with Crippen molar-refractivity contribution in [2.45, 2.75) is 13.5 Å². The van der Waals surface area contributed by atoms with Crippen LogP contribution in [0.25, 0.3) is 11.3 Å². The van der Waals surface area contributed by atoms with Gasteiger partial charge in [0.2, 0.25) is 0 Å². The third kappa shape index (κ3) is 3.83. The molecule has 4 nitrogen and oxygen atoms in total. The molecule has 3 rings (SSSR count). The van der Waals surface area contributed by atoms with Crippen molar-refractivity contribution in [1.82, 2.24) is 0 Å². The van der Waals surface area contributed by atoms with Gasteiger partial charge in [-0.2, -0.15) is 0 Å². The Balaban J connectivity index is 1.75. The zero-order valence-corrected chi connectivity index (χ0v) is 14.1. The van der Waals surface area contributed by atoms with Crippen molar-refractivity contribution in [2.24, 2.45) is 0 Å². The highest BCUT2D eigenvalue weighted by atomic mass is 35.5. The number of carbonyl (C=O) groups is 1. The molecule has 0 fully saturated rings. The minimum atomic E-state index is -0.975. The van der Waals surface area contributed by atoms with Crippen LogP contribution < -0.4 is 5.32 Å². The van der Waals surface area contributed by atoms with Gasteiger partial charge in [-0.1, -0.05) is 17.7 Å². The lowest BCUT2D eigenvalue weighted by atomic mass is 10.1. The van der Waals surface area contributed by atoms with E-state index in [1.165, 1.54) is 12.1 Å². The average molecular weight is 360 g/mol. The second-order valence-corrected chi connectivity index (χ2v) is 5.99. The third-order valence-corrected chi connectivity index (χ3v) is 4.09. The summed E-state index contributed by atoms with van der Waals surface area (Å²) in [4.78, 5) is 11.1. The van der Waals surface area contributed by atoms with E-state index in [1.54, 1.807) is 36.4 Å². The van der Waals surface area contributed by atoms with Crippen molar-refractivity contribution < 1.29 is 18.7 Å². The Labute approximate surface area is 148 Å². The van der Waals surface area contributed by atoms with E-state index in [0.717, 1.165) is 11.3 Å². The molecule has 0 spiro atoms. The molecule has 25 heavy (non-hydrogen) atoms. The summed E-state index contributed by atoms with van der Waals surface area (Å²) in [6.45, 7) is 2.28. The van der Waals surface area contributed by atoms with Crippen molar-refractivity contribution in [3.63, 3.8) is 0 Å². The molecule has 0 saturated carbocycles. The highest BCUT2D eigenvalue weighted by Gasteiger charge is 2.09. The molecule has 1 heterocycles. The number of anilines is 1. The highest BCUT2D eigenvalue weighted by Crippen LogP contribution is 2.27. The van der Waals surface area contributed by atoms with Crippen molar-refractivity contribution in [3.8, 4) is 11.3 Å². The van der Waals surface area contributed by atoms with E-state index in [-0.39, 0.29) is 10.6 Å². The number of hydrogen-bond donors (Lipinski definition) is 2. The summed E-state index contributed by atoms with van der Waals surface area (Å²) in [5.74, 6) is -0.213. The van der Waals surface area contributed by atoms with Crippen LogP contribution in [0.1, 0.15) is 21.7 Å². The van der Waals surface area contributed by atoms with Gasteiger partial charge in [-0.3, -0.25) is 0 Å². The summed E-state index contributed by atoms with van der Waals surface area (Å²) in [6, 6.07) is 12.9. The third-order valence-electron chi connectivity index (χ3n) is 3.80. The van der Waals surface area contributed by atoms with Crippen LogP contribution in [-0.2, 0) is 6.54 Å². The van der Waals surface area contributed by atoms with Gasteiger partial charge in [0, 0.05) is 11.3 Å². The average Bonchev–Trinajstić information content (AvgIpc) is 3.05. The van der Waals surface area contributed by atoms with Crippen molar-refractivity contribution >= 4 is 23.3 Å². The maximum Gasteiger partial charge on any atom is 0.335 e. The maximum atomic E-state index is 13.2. The Hall–Kier alpha value is -2.79. The Morgan fingerprint density at radius 2 is 2.00 bits per heavy atom. The van der Waals surface area contributed by atoms with Gasteiger partial charge in [0.05, 0.1) is 17.1 Å². The number of rotatable bonds is 5. The van der Waals surface area contributed by atoms with Gasteiger partial charge in [0.1, 0.15) is 17.3 Å². The zero-order chi connectivity index (χ0) is 18.0. The fourth-order valence-corrected chi connectivity index (χ4v) is 2.59. The molecule has 0 amide bonds. The second-order valence-electron chi connectivity index (χ2n) is 5.58. The predicted octanol–water partition coefficient (Wildman–Crippen LogP) is 5.36. The number of nitrogens with one attached hydrogen (secondary N) is 1. The van der Waals surface area contributed by atoms with E-state index in [0.29, 0.717) is 23.6 Å². The summed E-state index contributed by atoms with van der Waals surface area (Å²) in [5.41, 5.74) is 2.56. The molecule has 128 valence electrons. The molecule has 0 bridgehead atoms. The van der Waals surface area contributed by atoms with Gasteiger partial charge in [-0.05, 0) is 55.0 Å². The number of carboxylic acids is 1. The first kappa shape index (κ1) is 17.0. The summed E-state index contributed by atoms with van der Waals surface area (Å²) in [6.07, 6.45) is 0. The fourth-order valence-electron chi connectivity index (χ4n) is 2.41. The van der Waals surface area contributed by atoms with E-state index in [9.17, 15) is 9.18 Å². The predicted molar refractivity (Wildman–Crippen MR) is 94.6 cm³/mol. The Morgan fingerprint density at radius 1 is 1.20 bits per heavy atom. The lowest BCUT2D eigenvalue weighted by Gasteiger charge is -2.09. The molecule has 0 aliphatic carbocycles. The molecular weight excluding hydrogens is 345 g/mol. The minimum absolute atomic E-state index is 0.0367. The largest absolute Gasteiger partial charge is 0.478 e. The molecule has 0 aliphatic rings. The lowest BCUT2D eigenvalue weighted by molar-refractivity contribution is 0.0697. The Bertz CT molecular complexity index is 936. The summed E-state index contributed by atoms with van der Waals surface area (Å²) in [7, 11) is 0. The molecular formula is C19H15ClFNO3. The second kappa shape index (κ2) is 6.99. The first-order valence-corrected chi connectivity index (χ1v) is 7.94. The van der Waals surface area contributed by atoms with Crippen LogP contribution in [-0.4, -0.2) is 11.1 Å². The number of benzene rings is 2. The topological polar surface area (TPSA) is 62.5 Å². The minimum Gasteiger partial charge on any atom is -0.478 e. The molecule has 6 heteroatoms. The number of aryl methyl sites for hydroxylation is 1. The molecule has 1 aromatic heterocycles. The van der Waals surface area contributed by atoms with Crippen molar-refractivity contribution in [2.75, 3.05) is 5.32 Å².